The molecule has 0 unspecified atom stereocenters. The van der Waals surface area contributed by atoms with Crippen molar-refractivity contribution in [2.45, 2.75) is 0 Å². The van der Waals surface area contributed by atoms with Crippen LogP contribution in [0.15, 0.2) is 22.7 Å². The van der Waals surface area contributed by atoms with Crippen molar-refractivity contribution in [2.75, 3.05) is 0 Å². The zero-order valence-electron chi connectivity index (χ0n) is 5.26. The molecule has 2 heteroatoms. The van der Waals surface area contributed by atoms with E-state index in [1.807, 2.05) is 18.2 Å². The smallest absolute Gasteiger partial charge is 0.101 e. The molecular formula is C8H5BrN. The van der Waals surface area contributed by atoms with E-state index in [0.29, 0.717) is 5.56 Å². The second-order valence-corrected chi connectivity index (χ2v) is 2.74. The van der Waals surface area contributed by atoms with Crippen molar-refractivity contribution in [1.82, 2.24) is 0 Å². The van der Waals surface area contributed by atoms with Gasteiger partial charge in [-0.2, -0.15) is 5.26 Å². The SMILES string of the molecule is [CH2]c1cccc(Br)c1C#N. The molecule has 0 spiro atoms. The summed E-state index contributed by atoms with van der Waals surface area (Å²) in [7, 11) is 0. The van der Waals surface area contributed by atoms with Gasteiger partial charge in [-0.3, -0.25) is 0 Å². The summed E-state index contributed by atoms with van der Waals surface area (Å²) in [4.78, 5) is 0. The molecule has 0 saturated heterocycles. The molecule has 1 radical (unpaired) electrons. The van der Waals surface area contributed by atoms with Crippen LogP contribution in [0.2, 0.25) is 0 Å². The van der Waals surface area contributed by atoms with E-state index in [9.17, 15) is 0 Å². The van der Waals surface area contributed by atoms with E-state index in [1.165, 1.54) is 0 Å². The van der Waals surface area contributed by atoms with Gasteiger partial charge in [-0.25, -0.2) is 0 Å². The Kier molecular flexibility index (Phi) is 2.08. The van der Waals surface area contributed by atoms with Crippen molar-refractivity contribution in [1.29, 1.82) is 5.26 Å². The van der Waals surface area contributed by atoms with Crippen LogP contribution >= 0.6 is 15.9 Å². The molecule has 0 aliphatic carbocycles. The number of hydrogen-bond acceptors (Lipinski definition) is 1. The van der Waals surface area contributed by atoms with Gasteiger partial charge in [0.15, 0.2) is 0 Å². The number of benzene rings is 1. The number of nitriles is 1. The van der Waals surface area contributed by atoms with Crippen LogP contribution in [0, 0.1) is 18.3 Å². The predicted octanol–water partition coefficient (Wildman–Crippen LogP) is 2.50. The summed E-state index contributed by atoms with van der Waals surface area (Å²) < 4.78 is 0.808. The second-order valence-electron chi connectivity index (χ2n) is 1.89. The Bertz CT molecular complexity index is 266. The molecule has 1 aromatic carbocycles. The van der Waals surface area contributed by atoms with Gasteiger partial charge in [-0.05, 0) is 34.5 Å². The highest BCUT2D eigenvalue weighted by atomic mass is 79.9. The molecule has 0 heterocycles. The summed E-state index contributed by atoms with van der Waals surface area (Å²) in [5, 5.41) is 8.58. The monoisotopic (exact) mass is 194 g/mol. The highest BCUT2D eigenvalue weighted by Gasteiger charge is 1.99. The van der Waals surface area contributed by atoms with Crippen molar-refractivity contribution in [3.05, 3.63) is 40.7 Å². The lowest BCUT2D eigenvalue weighted by Gasteiger charge is -1.96. The van der Waals surface area contributed by atoms with Crippen molar-refractivity contribution in [2.24, 2.45) is 0 Å². The van der Waals surface area contributed by atoms with Crippen LogP contribution in [0.3, 0.4) is 0 Å². The lowest BCUT2D eigenvalue weighted by atomic mass is 10.1. The Morgan fingerprint density at radius 1 is 1.50 bits per heavy atom. The van der Waals surface area contributed by atoms with Crippen LogP contribution in [0.4, 0.5) is 0 Å². The van der Waals surface area contributed by atoms with Gasteiger partial charge >= 0.3 is 0 Å². The molecule has 0 atom stereocenters. The van der Waals surface area contributed by atoms with Crippen LogP contribution in [0.1, 0.15) is 11.1 Å². The van der Waals surface area contributed by atoms with Gasteiger partial charge in [0.2, 0.25) is 0 Å². The normalized spacial score (nSPS) is 8.90. The van der Waals surface area contributed by atoms with E-state index >= 15 is 0 Å². The fourth-order valence-electron chi connectivity index (χ4n) is 0.694. The molecule has 1 aromatic rings. The lowest BCUT2D eigenvalue weighted by Crippen LogP contribution is -1.81. The first-order valence-corrected chi connectivity index (χ1v) is 3.55. The van der Waals surface area contributed by atoms with Gasteiger partial charge < -0.3 is 0 Å². The summed E-state index contributed by atoms with van der Waals surface area (Å²) in [5.41, 5.74) is 1.37. The van der Waals surface area contributed by atoms with Crippen molar-refractivity contribution in [3.8, 4) is 6.07 Å². The Morgan fingerprint density at radius 2 is 2.20 bits per heavy atom. The molecule has 1 rings (SSSR count). The van der Waals surface area contributed by atoms with Gasteiger partial charge in [0.1, 0.15) is 6.07 Å². The number of rotatable bonds is 0. The average molecular weight is 195 g/mol. The van der Waals surface area contributed by atoms with Gasteiger partial charge in [0.05, 0.1) is 5.56 Å². The first-order valence-electron chi connectivity index (χ1n) is 2.76. The maximum atomic E-state index is 8.58. The maximum absolute atomic E-state index is 8.58. The van der Waals surface area contributed by atoms with Crippen molar-refractivity contribution in [3.63, 3.8) is 0 Å². The van der Waals surface area contributed by atoms with Gasteiger partial charge in [-0.15, -0.1) is 0 Å². The minimum Gasteiger partial charge on any atom is -0.192 e. The molecule has 10 heavy (non-hydrogen) atoms. The lowest BCUT2D eigenvalue weighted by molar-refractivity contribution is 1.44. The Hall–Kier alpha value is -0.810. The van der Waals surface area contributed by atoms with E-state index in [2.05, 4.69) is 28.9 Å². The van der Waals surface area contributed by atoms with Crippen molar-refractivity contribution >= 4 is 15.9 Å². The molecule has 0 amide bonds. The molecule has 0 bridgehead atoms. The van der Waals surface area contributed by atoms with Crippen LogP contribution in [0.5, 0.6) is 0 Å². The number of halogens is 1. The fourth-order valence-corrected chi connectivity index (χ4v) is 1.19. The third-order valence-electron chi connectivity index (χ3n) is 1.21. The molecule has 0 N–H and O–H groups in total. The molecule has 0 aliphatic heterocycles. The van der Waals surface area contributed by atoms with Gasteiger partial charge in [0, 0.05) is 4.47 Å². The fraction of sp³-hybridized carbons (Fsp3) is 0. The summed E-state index contributed by atoms with van der Waals surface area (Å²) in [6.45, 7) is 3.70. The predicted molar refractivity (Wildman–Crippen MR) is 43.3 cm³/mol. The minimum atomic E-state index is 0.613. The summed E-state index contributed by atoms with van der Waals surface area (Å²) in [6, 6.07) is 7.54. The van der Waals surface area contributed by atoms with Crippen LogP contribution in [-0.4, -0.2) is 0 Å². The number of nitrogens with zero attached hydrogens (tertiary/aromatic N) is 1. The Morgan fingerprint density at radius 3 is 2.60 bits per heavy atom. The highest BCUT2D eigenvalue weighted by molar-refractivity contribution is 9.10. The maximum Gasteiger partial charge on any atom is 0.101 e. The standard InChI is InChI=1S/C8H5BrN/c1-6-3-2-4-8(9)7(6)5-10/h2-4H,1H2. The van der Waals surface area contributed by atoms with E-state index in [0.717, 1.165) is 10.0 Å². The zero-order chi connectivity index (χ0) is 7.56. The molecule has 49 valence electrons. The quantitative estimate of drug-likeness (QED) is 0.623. The highest BCUT2D eigenvalue weighted by Crippen LogP contribution is 2.18. The van der Waals surface area contributed by atoms with Crippen LogP contribution < -0.4 is 0 Å². The summed E-state index contributed by atoms with van der Waals surface area (Å²) in [6.07, 6.45) is 0. The average Bonchev–Trinajstić information content (AvgIpc) is 1.88. The van der Waals surface area contributed by atoms with E-state index in [-0.39, 0.29) is 0 Å². The summed E-state index contributed by atoms with van der Waals surface area (Å²) in [5.74, 6) is 0. The molecule has 0 aromatic heterocycles. The van der Waals surface area contributed by atoms with Crippen LogP contribution in [-0.2, 0) is 0 Å². The molecular weight excluding hydrogens is 190 g/mol. The largest absolute Gasteiger partial charge is 0.192 e. The van der Waals surface area contributed by atoms with Crippen LogP contribution in [0.25, 0.3) is 0 Å². The van der Waals surface area contributed by atoms with Crippen molar-refractivity contribution < 1.29 is 0 Å². The first kappa shape index (κ1) is 7.30. The van der Waals surface area contributed by atoms with E-state index in [4.69, 9.17) is 5.26 Å². The first-order chi connectivity index (χ1) is 4.75. The number of hydrogen-bond donors (Lipinski definition) is 0. The van der Waals surface area contributed by atoms with Gasteiger partial charge in [-0.1, -0.05) is 12.1 Å². The van der Waals surface area contributed by atoms with Gasteiger partial charge in [0.25, 0.3) is 0 Å². The van der Waals surface area contributed by atoms with E-state index in [1.54, 1.807) is 0 Å². The Labute approximate surface area is 68.4 Å². The molecule has 0 fully saturated rings. The second kappa shape index (κ2) is 2.85. The van der Waals surface area contributed by atoms with E-state index < -0.39 is 0 Å². The topological polar surface area (TPSA) is 23.8 Å². The molecule has 0 saturated carbocycles. The third kappa shape index (κ3) is 1.19. The molecule has 1 nitrogen and oxygen atoms in total. The third-order valence-corrected chi connectivity index (χ3v) is 1.87. The zero-order valence-corrected chi connectivity index (χ0v) is 6.85. The summed E-state index contributed by atoms with van der Waals surface area (Å²) >= 11 is 3.24. The Balaban J connectivity index is 3.34. The minimum absolute atomic E-state index is 0.613. The molecule has 0 aliphatic rings.